The Labute approximate surface area is 143 Å². The van der Waals surface area contributed by atoms with Crippen molar-refractivity contribution in [1.29, 1.82) is 0 Å². The van der Waals surface area contributed by atoms with Gasteiger partial charge in [-0.1, -0.05) is 18.2 Å². The zero-order valence-corrected chi connectivity index (χ0v) is 14.2. The van der Waals surface area contributed by atoms with Crippen LogP contribution in [0.3, 0.4) is 0 Å². The smallest absolute Gasteiger partial charge is 0.253 e. The van der Waals surface area contributed by atoms with Crippen LogP contribution < -0.4 is 10.6 Å². The summed E-state index contributed by atoms with van der Waals surface area (Å²) in [6, 6.07) is 9.37. The van der Waals surface area contributed by atoms with Crippen LogP contribution in [0.2, 0.25) is 0 Å². The maximum Gasteiger partial charge on any atom is 0.253 e. The highest BCUT2D eigenvalue weighted by Crippen LogP contribution is 2.19. The third-order valence-corrected chi connectivity index (χ3v) is 5.19. The molecule has 24 heavy (non-hydrogen) atoms. The number of hydrogen-bond donors (Lipinski definition) is 2. The molecule has 1 unspecified atom stereocenters. The SMILES string of the molecule is O=C(NCCC1CCNC1)C1CCN(C(=O)c2ccccc2)CC1. The number of likely N-dealkylation sites (tertiary alicyclic amines) is 1. The third kappa shape index (κ3) is 4.35. The predicted octanol–water partition coefficient (Wildman–Crippen LogP) is 1.65. The van der Waals surface area contributed by atoms with Gasteiger partial charge in [0.2, 0.25) is 5.91 Å². The van der Waals surface area contributed by atoms with Crippen molar-refractivity contribution in [2.45, 2.75) is 25.7 Å². The molecule has 0 saturated carbocycles. The molecule has 2 heterocycles. The van der Waals surface area contributed by atoms with E-state index in [-0.39, 0.29) is 17.7 Å². The summed E-state index contributed by atoms with van der Waals surface area (Å²) in [5.74, 6) is 0.984. The zero-order chi connectivity index (χ0) is 16.8. The van der Waals surface area contributed by atoms with Gasteiger partial charge >= 0.3 is 0 Å². The fourth-order valence-corrected chi connectivity index (χ4v) is 3.61. The Balaban J connectivity index is 1.39. The van der Waals surface area contributed by atoms with Gasteiger partial charge in [0.15, 0.2) is 0 Å². The molecule has 0 aliphatic carbocycles. The highest BCUT2D eigenvalue weighted by atomic mass is 16.2. The van der Waals surface area contributed by atoms with E-state index in [9.17, 15) is 9.59 Å². The van der Waals surface area contributed by atoms with E-state index in [2.05, 4.69) is 10.6 Å². The molecule has 2 saturated heterocycles. The Bertz CT molecular complexity index is 547. The lowest BCUT2D eigenvalue weighted by Gasteiger charge is -2.31. The van der Waals surface area contributed by atoms with Gasteiger partial charge in [-0.2, -0.15) is 0 Å². The molecule has 2 fully saturated rings. The monoisotopic (exact) mass is 329 g/mol. The number of nitrogens with zero attached hydrogens (tertiary/aromatic N) is 1. The van der Waals surface area contributed by atoms with Crippen LogP contribution in [-0.2, 0) is 4.79 Å². The first-order valence-corrected chi connectivity index (χ1v) is 9.07. The van der Waals surface area contributed by atoms with Crippen LogP contribution in [0.5, 0.6) is 0 Å². The van der Waals surface area contributed by atoms with Gasteiger partial charge in [-0.25, -0.2) is 0 Å². The molecule has 2 aliphatic rings. The van der Waals surface area contributed by atoms with Crippen molar-refractivity contribution in [3.63, 3.8) is 0 Å². The molecule has 0 bridgehead atoms. The third-order valence-electron chi connectivity index (χ3n) is 5.19. The second kappa shape index (κ2) is 8.29. The number of rotatable bonds is 5. The number of carbonyl (C=O) groups excluding carboxylic acids is 2. The molecule has 5 heteroatoms. The first kappa shape index (κ1) is 17.0. The Morgan fingerprint density at radius 2 is 1.88 bits per heavy atom. The Morgan fingerprint density at radius 3 is 2.54 bits per heavy atom. The summed E-state index contributed by atoms with van der Waals surface area (Å²) >= 11 is 0. The molecule has 0 spiro atoms. The minimum absolute atomic E-state index is 0.0477. The van der Waals surface area contributed by atoms with Gasteiger partial charge in [-0.3, -0.25) is 9.59 Å². The minimum atomic E-state index is 0.0477. The van der Waals surface area contributed by atoms with Crippen LogP contribution in [0.1, 0.15) is 36.0 Å². The number of carbonyl (C=O) groups is 2. The summed E-state index contributed by atoms with van der Waals surface area (Å²) in [6.45, 7) is 4.29. The molecule has 5 nitrogen and oxygen atoms in total. The lowest BCUT2D eigenvalue weighted by atomic mass is 9.95. The summed E-state index contributed by atoms with van der Waals surface area (Å²) in [7, 11) is 0. The van der Waals surface area contributed by atoms with Gasteiger partial charge < -0.3 is 15.5 Å². The van der Waals surface area contributed by atoms with Gasteiger partial charge in [-0.05, 0) is 56.8 Å². The topological polar surface area (TPSA) is 61.4 Å². The summed E-state index contributed by atoms with van der Waals surface area (Å²) in [4.78, 5) is 26.6. The van der Waals surface area contributed by atoms with Crippen molar-refractivity contribution in [3.05, 3.63) is 35.9 Å². The zero-order valence-electron chi connectivity index (χ0n) is 14.2. The number of hydrogen-bond acceptors (Lipinski definition) is 3. The first-order chi connectivity index (χ1) is 11.7. The molecule has 2 aliphatic heterocycles. The molecule has 1 aromatic rings. The Morgan fingerprint density at radius 1 is 1.12 bits per heavy atom. The molecular formula is C19H27N3O2. The minimum Gasteiger partial charge on any atom is -0.356 e. The van der Waals surface area contributed by atoms with E-state index in [0.29, 0.717) is 19.0 Å². The molecule has 3 rings (SSSR count). The largest absolute Gasteiger partial charge is 0.356 e. The van der Waals surface area contributed by atoms with E-state index in [1.165, 1.54) is 6.42 Å². The summed E-state index contributed by atoms with van der Waals surface area (Å²) in [5.41, 5.74) is 0.727. The van der Waals surface area contributed by atoms with Crippen molar-refractivity contribution in [2.75, 3.05) is 32.7 Å². The number of benzene rings is 1. The molecule has 130 valence electrons. The molecule has 2 N–H and O–H groups in total. The van der Waals surface area contributed by atoms with Crippen LogP contribution in [0.4, 0.5) is 0 Å². The average Bonchev–Trinajstić information content (AvgIpc) is 3.15. The first-order valence-electron chi connectivity index (χ1n) is 9.07. The van der Waals surface area contributed by atoms with Crippen LogP contribution in [0.25, 0.3) is 0 Å². The van der Waals surface area contributed by atoms with Crippen LogP contribution in [0.15, 0.2) is 30.3 Å². The molecule has 2 amide bonds. The van der Waals surface area contributed by atoms with E-state index in [4.69, 9.17) is 0 Å². The van der Waals surface area contributed by atoms with Gasteiger partial charge in [0.25, 0.3) is 5.91 Å². The second-order valence-electron chi connectivity index (χ2n) is 6.87. The van der Waals surface area contributed by atoms with Gasteiger partial charge in [0.1, 0.15) is 0 Å². The Kier molecular flexibility index (Phi) is 5.86. The van der Waals surface area contributed by atoms with E-state index < -0.39 is 0 Å². The van der Waals surface area contributed by atoms with E-state index >= 15 is 0 Å². The highest BCUT2D eigenvalue weighted by molar-refractivity contribution is 5.94. The summed E-state index contributed by atoms with van der Waals surface area (Å²) < 4.78 is 0. The van der Waals surface area contributed by atoms with Crippen LogP contribution in [0, 0.1) is 11.8 Å². The normalized spacial score (nSPS) is 21.7. The van der Waals surface area contributed by atoms with E-state index in [1.807, 2.05) is 35.2 Å². The second-order valence-corrected chi connectivity index (χ2v) is 6.87. The average molecular weight is 329 g/mol. The van der Waals surface area contributed by atoms with Crippen molar-refractivity contribution in [3.8, 4) is 0 Å². The fourth-order valence-electron chi connectivity index (χ4n) is 3.61. The summed E-state index contributed by atoms with van der Waals surface area (Å²) in [5, 5.41) is 6.44. The summed E-state index contributed by atoms with van der Waals surface area (Å²) in [6.07, 6.45) is 3.80. The standard InChI is InChI=1S/C19H27N3O2/c23-18(21-11-7-15-6-10-20-14-15)16-8-12-22(13-9-16)19(24)17-4-2-1-3-5-17/h1-5,15-16,20H,6-14H2,(H,21,23). The molecule has 1 aromatic carbocycles. The predicted molar refractivity (Wildman–Crippen MR) is 93.7 cm³/mol. The molecule has 1 atom stereocenters. The van der Waals surface area contributed by atoms with Gasteiger partial charge in [-0.15, -0.1) is 0 Å². The van der Waals surface area contributed by atoms with Gasteiger partial charge in [0.05, 0.1) is 0 Å². The maximum absolute atomic E-state index is 12.4. The number of nitrogens with one attached hydrogen (secondary N) is 2. The van der Waals surface area contributed by atoms with Crippen molar-refractivity contribution in [2.24, 2.45) is 11.8 Å². The van der Waals surface area contributed by atoms with Crippen molar-refractivity contribution in [1.82, 2.24) is 15.5 Å². The maximum atomic E-state index is 12.4. The van der Waals surface area contributed by atoms with E-state index in [1.54, 1.807) is 0 Å². The lowest BCUT2D eigenvalue weighted by molar-refractivity contribution is -0.126. The lowest BCUT2D eigenvalue weighted by Crippen LogP contribution is -2.43. The quantitative estimate of drug-likeness (QED) is 0.863. The van der Waals surface area contributed by atoms with Gasteiger partial charge in [0, 0.05) is 31.1 Å². The molecular weight excluding hydrogens is 302 g/mol. The number of piperidine rings is 1. The van der Waals surface area contributed by atoms with Crippen LogP contribution in [-0.4, -0.2) is 49.4 Å². The van der Waals surface area contributed by atoms with Crippen molar-refractivity contribution >= 4 is 11.8 Å². The van der Waals surface area contributed by atoms with Crippen molar-refractivity contribution < 1.29 is 9.59 Å². The highest BCUT2D eigenvalue weighted by Gasteiger charge is 2.27. The van der Waals surface area contributed by atoms with Crippen LogP contribution >= 0.6 is 0 Å². The Hall–Kier alpha value is -1.88. The van der Waals surface area contributed by atoms with E-state index in [0.717, 1.165) is 44.5 Å². The molecule has 0 radical (unpaired) electrons. The molecule has 0 aromatic heterocycles. The fraction of sp³-hybridized carbons (Fsp3) is 0.579. The number of amides is 2.